The van der Waals surface area contributed by atoms with Crippen molar-refractivity contribution in [1.29, 1.82) is 0 Å². The summed E-state index contributed by atoms with van der Waals surface area (Å²) in [7, 11) is 0. The minimum Gasteiger partial charge on any atom is -0.278 e. The Morgan fingerprint density at radius 1 is 0.556 bits per heavy atom. The minimum atomic E-state index is -0.185. The molecule has 4 aromatic carbocycles. The number of aliphatic imine (C=N–C) groups is 1. The summed E-state index contributed by atoms with van der Waals surface area (Å²) < 4.78 is 0. The average Bonchev–Trinajstić information content (AvgIpc) is 2.96. The predicted molar refractivity (Wildman–Crippen MR) is 154 cm³/mol. The van der Waals surface area contributed by atoms with Crippen molar-refractivity contribution in [2.75, 3.05) is 0 Å². The van der Waals surface area contributed by atoms with Crippen molar-refractivity contribution in [3.05, 3.63) is 150 Å². The second kappa shape index (κ2) is 12.4. The third-order valence-electron chi connectivity index (χ3n) is 5.95. The summed E-state index contributed by atoms with van der Waals surface area (Å²) in [4.78, 5) is 9.80. The van der Waals surface area contributed by atoms with Crippen LogP contribution in [-0.4, -0.2) is 11.2 Å². The molecule has 0 bridgehead atoms. The van der Waals surface area contributed by atoms with Crippen molar-refractivity contribution in [2.45, 2.75) is 26.8 Å². The summed E-state index contributed by atoms with van der Waals surface area (Å²) in [5, 5.41) is 0. The third kappa shape index (κ3) is 5.84. The number of benzene rings is 4. The van der Waals surface area contributed by atoms with Crippen LogP contribution < -0.4 is 0 Å². The molecule has 1 aromatic heterocycles. The molecule has 0 atom stereocenters. The Balaban J connectivity index is 0.00000148. The van der Waals surface area contributed by atoms with Gasteiger partial charge in [-0.1, -0.05) is 129 Å². The molecule has 2 nitrogen and oxygen atoms in total. The molecule has 0 aliphatic rings. The van der Waals surface area contributed by atoms with E-state index in [-0.39, 0.29) is 6.04 Å². The van der Waals surface area contributed by atoms with Gasteiger partial charge in [-0.3, -0.25) is 9.98 Å². The standard InChI is InChI=1S/C32H26N2.C2H6/c1-24-13-12-18-27(34-24)23-33-32(30-21-10-8-19-28(30)25-14-4-2-5-15-25)31-22-11-9-20-29(31)26-16-6-3-7-17-26;1-2/h2-23,32H,1H3;1-2H3. The molecule has 0 saturated heterocycles. The Labute approximate surface area is 215 Å². The number of pyridine rings is 1. The molecule has 0 N–H and O–H groups in total. The highest BCUT2D eigenvalue weighted by Crippen LogP contribution is 2.38. The van der Waals surface area contributed by atoms with Gasteiger partial charge in [-0.25, -0.2) is 0 Å². The van der Waals surface area contributed by atoms with Gasteiger partial charge in [0.05, 0.1) is 5.69 Å². The number of nitrogens with zero attached hydrogens (tertiary/aromatic N) is 2. The smallest absolute Gasteiger partial charge is 0.101 e. The molecular weight excluding hydrogens is 436 g/mol. The lowest BCUT2D eigenvalue weighted by Crippen LogP contribution is -2.04. The van der Waals surface area contributed by atoms with Gasteiger partial charge in [-0.05, 0) is 52.4 Å². The molecule has 0 saturated carbocycles. The molecule has 178 valence electrons. The van der Waals surface area contributed by atoms with Crippen molar-refractivity contribution in [3.8, 4) is 22.3 Å². The van der Waals surface area contributed by atoms with E-state index < -0.39 is 0 Å². The molecule has 0 fully saturated rings. The Kier molecular flexibility index (Phi) is 8.56. The molecule has 36 heavy (non-hydrogen) atoms. The van der Waals surface area contributed by atoms with E-state index in [1.165, 1.54) is 33.4 Å². The predicted octanol–water partition coefficient (Wildman–Crippen LogP) is 8.96. The fraction of sp³-hybridized carbons (Fsp3) is 0.118. The summed E-state index contributed by atoms with van der Waals surface area (Å²) in [5.74, 6) is 0. The summed E-state index contributed by atoms with van der Waals surface area (Å²) in [6.07, 6.45) is 1.90. The zero-order valence-electron chi connectivity index (χ0n) is 21.2. The molecule has 0 unspecified atom stereocenters. The van der Waals surface area contributed by atoms with Crippen molar-refractivity contribution in [2.24, 2.45) is 4.99 Å². The van der Waals surface area contributed by atoms with Crippen LogP contribution in [0.25, 0.3) is 22.3 Å². The van der Waals surface area contributed by atoms with E-state index in [2.05, 4.69) is 114 Å². The fourth-order valence-corrected chi connectivity index (χ4v) is 4.35. The second-order valence-corrected chi connectivity index (χ2v) is 8.29. The first-order chi connectivity index (χ1) is 17.8. The van der Waals surface area contributed by atoms with Crippen LogP contribution in [0.15, 0.2) is 132 Å². The first-order valence-corrected chi connectivity index (χ1v) is 12.5. The Bertz CT molecular complexity index is 1320. The summed E-state index contributed by atoms with van der Waals surface area (Å²) in [6, 6.07) is 44.0. The van der Waals surface area contributed by atoms with Gasteiger partial charge >= 0.3 is 0 Å². The van der Waals surface area contributed by atoms with E-state index in [0.717, 1.165) is 11.4 Å². The van der Waals surface area contributed by atoms with Gasteiger partial charge in [-0.15, -0.1) is 0 Å². The van der Waals surface area contributed by atoms with E-state index in [9.17, 15) is 0 Å². The first kappa shape index (κ1) is 24.8. The van der Waals surface area contributed by atoms with Crippen LogP contribution in [0.1, 0.15) is 42.4 Å². The highest BCUT2D eigenvalue weighted by Gasteiger charge is 2.20. The maximum absolute atomic E-state index is 5.16. The van der Waals surface area contributed by atoms with Crippen LogP contribution in [0.2, 0.25) is 0 Å². The Morgan fingerprint density at radius 3 is 1.53 bits per heavy atom. The number of hydrogen-bond donors (Lipinski definition) is 0. The summed E-state index contributed by atoms with van der Waals surface area (Å²) >= 11 is 0. The van der Waals surface area contributed by atoms with Gasteiger partial charge in [0.25, 0.3) is 0 Å². The normalized spacial score (nSPS) is 10.8. The fourth-order valence-electron chi connectivity index (χ4n) is 4.35. The van der Waals surface area contributed by atoms with E-state index in [0.29, 0.717) is 0 Å². The maximum Gasteiger partial charge on any atom is 0.101 e. The number of aryl methyl sites for hydroxylation is 1. The van der Waals surface area contributed by atoms with Gasteiger partial charge in [0, 0.05) is 11.9 Å². The second-order valence-electron chi connectivity index (χ2n) is 8.29. The lowest BCUT2D eigenvalue weighted by molar-refractivity contribution is 0.881. The lowest BCUT2D eigenvalue weighted by Gasteiger charge is -2.21. The van der Waals surface area contributed by atoms with Gasteiger partial charge < -0.3 is 0 Å². The van der Waals surface area contributed by atoms with E-state index in [1.54, 1.807) is 0 Å². The summed E-state index contributed by atoms with van der Waals surface area (Å²) in [6.45, 7) is 6.00. The van der Waals surface area contributed by atoms with Crippen LogP contribution in [-0.2, 0) is 0 Å². The van der Waals surface area contributed by atoms with E-state index >= 15 is 0 Å². The largest absolute Gasteiger partial charge is 0.278 e. The topological polar surface area (TPSA) is 25.2 Å². The van der Waals surface area contributed by atoms with E-state index in [1.807, 2.05) is 45.2 Å². The SMILES string of the molecule is CC.Cc1cccc(C=NC(c2ccccc2-c2ccccc2)c2ccccc2-c2ccccc2)n1. The quantitative estimate of drug-likeness (QED) is 0.228. The molecule has 0 radical (unpaired) electrons. The number of aromatic nitrogens is 1. The first-order valence-electron chi connectivity index (χ1n) is 12.5. The van der Waals surface area contributed by atoms with Crippen LogP contribution in [0, 0.1) is 6.92 Å². The van der Waals surface area contributed by atoms with Crippen LogP contribution in [0.5, 0.6) is 0 Å². The van der Waals surface area contributed by atoms with Gasteiger partial charge in [-0.2, -0.15) is 0 Å². The highest BCUT2D eigenvalue weighted by atomic mass is 14.8. The van der Waals surface area contributed by atoms with Gasteiger partial charge in [0.2, 0.25) is 0 Å². The van der Waals surface area contributed by atoms with Crippen LogP contribution in [0.3, 0.4) is 0 Å². The Hall–Kier alpha value is -4.30. The van der Waals surface area contributed by atoms with Crippen LogP contribution in [0.4, 0.5) is 0 Å². The zero-order chi connectivity index (χ0) is 25.2. The molecule has 0 amide bonds. The van der Waals surface area contributed by atoms with Crippen molar-refractivity contribution >= 4 is 6.21 Å². The number of rotatable bonds is 6. The van der Waals surface area contributed by atoms with Crippen molar-refractivity contribution in [1.82, 2.24) is 4.98 Å². The van der Waals surface area contributed by atoms with E-state index in [4.69, 9.17) is 4.99 Å². The Morgan fingerprint density at radius 2 is 1.03 bits per heavy atom. The van der Waals surface area contributed by atoms with Crippen molar-refractivity contribution in [3.63, 3.8) is 0 Å². The van der Waals surface area contributed by atoms with Crippen molar-refractivity contribution < 1.29 is 0 Å². The highest BCUT2D eigenvalue weighted by molar-refractivity contribution is 5.79. The third-order valence-corrected chi connectivity index (χ3v) is 5.95. The lowest BCUT2D eigenvalue weighted by atomic mass is 9.87. The molecule has 1 heterocycles. The monoisotopic (exact) mass is 468 g/mol. The maximum atomic E-state index is 5.16. The van der Waals surface area contributed by atoms with Gasteiger partial charge in [0.1, 0.15) is 6.04 Å². The number of hydrogen-bond acceptors (Lipinski definition) is 2. The van der Waals surface area contributed by atoms with Crippen LogP contribution >= 0.6 is 0 Å². The molecular formula is C34H32N2. The zero-order valence-corrected chi connectivity index (χ0v) is 21.2. The molecule has 5 aromatic rings. The summed E-state index contributed by atoms with van der Waals surface area (Å²) in [5.41, 5.74) is 8.92. The van der Waals surface area contributed by atoms with Gasteiger partial charge in [0.15, 0.2) is 0 Å². The molecule has 0 aliphatic heterocycles. The molecule has 0 aliphatic carbocycles. The molecule has 5 rings (SSSR count). The minimum absolute atomic E-state index is 0.185. The molecule has 0 spiro atoms. The molecule has 2 heteroatoms. The average molecular weight is 469 g/mol.